The van der Waals surface area contributed by atoms with E-state index in [0.29, 0.717) is 22.7 Å². The van der Waals surface area contributed by atoms with Gasteiger partial charge in [0.15, 0.2) is 0 Å². The Bertz CT molecular complexity index is 1410. The molecule has 1 aliphatic carbocycles. The van der Waals surface area contributed by atoms with Crippen LogP contribution in [0.1, 0.15) is 51.0 Å². The van der Waals surface area contributed by atoms with Crippen LogP contribution in [0.2, 0.25) is 5.02 Å². The molecule has 2 amide bonds. The number of benzene rings is 3. The molecule has 7 nitrogen and oxygen atoms in total. The lowest BCUT2D eigenvalue weighted by molar-refractivity contribution is -0.140. The first kappa shape index (κ1) is 30.5. The Balaban J connectivity index is 1.68. The number of amides is 2. The summed E-state index contributed by atoms with van der Waals surface area (Å²) in [6.45, 7) is 1.29. The van der Waals surface area contributed by atoms with Gasteiger partial charge in [-0.3, -0.25) is 13.9 Å². The second-order valence-corrected chi connectivity index (χ2v) is 12.5. The molecule has 0 aromatic heterocycles. The number of carbonyl (C=O) groups is 2. The van der Waals surface area contributed by atoms with Crippen molar-refractivity contribution in [3.63, 3.8) is 0 Å². The van der Waals surface area contributed by atoms with Crippen LogP contribution in [0.15, 0.2) is 83.8 Å². The highest BCUT2D eigenvalue weighted by molar-refractivity contribution is 7.92. The fraction of sp³-hybridized carbons (Fsp3) is 0.355. The van der Waals surface area contributed by atoms with Gasteiger partial charge in [-0.2, -0.15) is 0 Å². The van der Waals surface area contributed by atoms with Crippen LogP contribution >= 0.6 is 11.6 Å². The highest BCUT2D eigenvalue weighted by atomic mass is 35.5. The molecule has 1 fully saturated rings. The molecule has 4 rings (SSSR count). The first-order chi connectivity index (χ1) is 19.7. The van der Waals surface area contributed by atoms with Crippen LogP contribution in [0.25, 0.3) is 0 Å². The van der Waals surface area contributed by atoms with Crippen LogP contribution in [0.4, 0.5) is 10.1 Å². The van der Waals surface area contributed by atoms with Gasteiger partial charge in [0.2, 0.25) is 11.8 Å². The number of sulfonamides is 1. The molecule has 1 N–H and O–H groups in total. The maximum Gasteiger partial charge on any atom is 0.264 e. The fourth-order valence-corrected chi connectivity index (χ4v) is 6.65. The second-order valence-electron chi connectivity index (χ2n) is 10.2. The quantitative estimate of drug-likeness (QED) is 0.296. The van der Waals surface area contributed by atoms with Gasteiger partial charge in [-0.25, -0.2) is 12.8 Å². The molecule has 1 atom stereocenters. The van der Waals surface area contributed by atoms with Crippen molar-refractivity contribution in [1.29, 1.82) is 0 Å². The second kappa shape index (κ2) is 14.0. The maximum absolute atomic E-state index is 14.1. The Kier molecular flexibility index (Phi) is 10.4. The summed E-state index contributed by atoms with van der Waals surface area (Å²) >= 11 is 5.99. The minimum absolute atomic E-state index is 0.0132. The molecular formula is C31H35ClFN3O4S. The Hall–Kier alpha value is -3.43. The van der Waals surface area contributed by atoms with Crippen LogP contribution in [0, 0.1) is 5.82 Å². The topological polar surface area (TPSA) is 86.8 Å². The van der Waals surface area contributed by atoms with Crippen LogP contribution < -0.4 is 9.62 Å². The van der Waals surface area contributed by atoms with Gasteiger partial charge in [-0.15, -0.1) is 0 Å². The van der Waals surface area contributed by atoms with Crippen LogP contribution in [0.5, 0.6) is 0 Å². The molecule has 0 radical (unpaired) electrons. The zero-order valence-electron chi connectivity index (χ0n) is 23.0. The van der Waals surface area contributed by atoms with E-state index >= 15 is 0 Å². The molecule has 0 heterocycles. The number of nitrogens with one attached hydrogen (secondary N) is 1. The standard InChI is InChI=1S/C31H35ClFN3O4S/c1-2-29(31(38)34-26-9-5-3-6-10-26)35(21-23-13-17-25(33)18-14-23)30(37)22-36(27-11-7-4-8-12-27)41(39,40)28-19-15-24(32)16-20-28/h4,7-8,11-20,26,29H,2-3,5-6,9-10,21-22H2,1H3,(H,34,38)/t29-/m1/s1. The Labute approximate surface area is 246 Å². The molecule has 0 bridgehead atoms. The van der Waals surface area contributed by atoms with Gasteiger partial charge in [-0.1, -0.05) is 68.1 Å². The van der Waals surface area contributed by atoms with Crippen LogP contribution in [-0.2, 0) is 26.2 Å². The van der Waals surface area contributed by atoms with E-state index in [0.717, 1.165) is 36.4 Å². The number of rotatable bonds is 11. The van der Waals surface area contributed by atoms with E-state index in [-0.39, 0.29) is 23.4 Å². The molecule has 41 heavy (non-hydrogen) atoms. The third-order valence-corrected chi connectivity index (χ3v) is 9.37. The third kappa shape index (κ3) is 7.86. The third-order valence-electron chi connectivity index (χ3n) is 7.33. The number of carbonyl (C=O) groups excluding carboxylic acids is 2. The predicted molar refractivity (Wildman–Crippen MR) is 158 cm³/mol. The van der Waals surface area contributed by atoms with Gasteiger partial charge in [0, 0.05) is 17.6 Å². The molecule has 218 valence electrons. The highest BCUT2D eigenvalue weighted by Crippen LogP contribution is 2.26. The van der Waals surface area contributed by atoms with E-state index in [1.807, 2.05) is 6.92 Å². The molecule has 0 unspecified atom stereocenters. The highest BCUT2D eigenvalue weighted by Gasteiger charge is 2.34. The van der Waals surface area contributed by atoms with Crippen molar-refractivity contribution >= 4 is 39.1 Å². The maximum atomic E-state index is 14.1. The minimum atomic E-state index is -4.18. The van der Waals surface area contributed by atoms with Crippen molar-refractivity contribution in [2.75, 3.05) is 10.8 Å². The normalized spacial score (nSPS) is 14.7. The Morgan fingerprint density at radius 2 is 1.59 bits per heavy atom. The molecule has 1 saturated carbocycles. The average Bonchev–Trinajstić information content (AvgIpc) is 2.98. The van der Waals surface area contributed by atoms with Crippen molar-refractivity contribution < 1.29 is 22.4 Å². The number of hydrogen-bond donors (Lipinski definition) is 1. The molecule has 0 aliphatic heterocycles. The molecule has 3 aromatic rings. The van der Waals surface area contributed by atoms with Crippen molar-refractivity contribution in [1.82, 2.24) is 10.2 Å². The number of anilines is 1. The summed E-state index contributed by atoms with van der Waals surface area (Å²) in [4.78, 5) is 29.0. The summed E-state index contributed by atoms with van der Waals surface area (Å²) in [5, 5.41) is 3.49. The van der Waals surface area contributed by atoms with Crippen molar-refractivity contribution in [3.05, 3.63) is 95.3 Å². The lowest BCUT2D eigenvalue weighted by atomic mass is 9.95. The average molecular weight is 600 g/mol. The molecule has 0 spiro atoms. The summed E-state index contributed by atoms with van der Waals surface area (Å²) in [6, 6.07) is 19.0. The zero-order valence-corrected chi connectivity index (χ0v) is 24.6. The van der Waals surface area contributed by atoms with E-state index in [1.54, 1.807) is 42.5 Å². The Morgan fingerprint density at radius 1 is 0.951 bits per heavy atom. The van der Waals surface area contributed by atoms with Gasteiger partial charge in [0.25, 0.3) is 10.0 Å². The van der Waals surface area contributed by atoms with E-state index in [9.17, 15) is 22.4 Å². The summed E-state index contributed by atoms with van der Waals surface area (Å²) in [5.74, 6) is -1.25. The van der Waals surface area contributed by atoms with E-state index in [2.05, 4.69) is 5.32 Å². The summed E-state index contributed by atoms with van der Waals surface area (Å²) < 4.78 is 42.3. The lowest BCUT2D eigenvalue weighted by Crippen LogP contribution is -2.54. The van der Waals surface area contributed by atoms with Crippen LogP contribution in [-0.4, -0.2) is 43.8 Å². The summed E-state index contributed by atoms with van der Waals surface area (Å²) in [5.41, 5.74) is 0.924. The van der Waals surface area contributed by atoms with Crippen LogP contribution in [0.3, 0.4) is 0 Å². The Morgan fingerprint density at radius 3 is 2.20 bits per heavy atom. The van der Waals surface area contributed by atoms with E-state index < -0.39 is 34.3 Å². The van der Waals surface area contributed by atoms with Gasteiger partial charge in [-0.05, 0) is 73.4 Å². The van der Waals surface area contributed by atoms with E-state index in [1.165, 1.54) is 41.3 Å². The number of nitrogens with zero attached hydrogens (tertiary/aromatic N) is 2. The SMILES string of the molecule is CC[C@H](C(=O)NC1CCCCC1)N(Cc1ccc(F)cc1)C(=O)CN(c1ccccc1)S(=O)(=O)c1ccc(Cl)cc1. The minimum Gasteiger partial charge on any atom is -0.352 e. The summed E-state index contributed by atoms with van der Waals surface area (Å²) in [7, 11) is -4.18. The van der Waals surface area contributed by atoms with Crippen molar-refractivity contribution in [3.8, 4) is 0 Å². The molecular weight excluding hydrogens is 565 g/mol. The zero-order chi connectivity index (χ0) is 29.4. The monoisotopic (exact) mass is 599 g/mol. The summed E-state index contributed by atoms with van der Waals surface area (Å²) in [6.07, 6.45) is 5.30. The predicted octanol–water partition coefficient (Wildman–Crippen LogP) is 5.93. The first-order valence-electron chi connectivity index (χ1n) is 13.9. The van der Waals surface area contributed by atoms with Gasteiger partial charge >= 0.3 is 0 Å². The molecule has 10 heteroatoms. The first-order valence-corrected chi connectivity index (χ1v) is 15.7. The lowest BCUT2D eigenvalue weighted by Gasteiger charge is -2.34. The van der Waals surface area contributed by atoms with Crippen molar-refractivity contribution in [2.45, 2.75) is 69.0 Å². The molecule has 1 aliphatic rings. The number of para-hydroxylation sites is 1. The smallest absolute Gasteiger partial charge is 0.264 e. The number of hydrogen-bond acceptors (Lipinski definition) is 4. The van der Waals surface area contributed by atoms with Gasteiger partial charge < -0.3 is 10.2 Å². The molecule has 3 aromatic carbocycles. The van der Waals surface area contributed by atoms with E-state index in [4.69, 9.17) is 11.6 Å². The fourth-order valence-electron chi connectivity index (χ4n) is 5.11. The van der Waals surface area contributed by atoms with Gasteiger partial charge in [0.05, 0.1) is 10.6 Å². The van der Waals surface area contributed by atoms with Crippen molar-refractivity contribution in [2.24, 2.45) is 0 Å². The number of halogens is 2. The molecule has 0 saturated heterocycles. The largest absolute Gasteiger partial charge is 0.352 e. The van der Waals surface area contributed by atoms with Gasteiger partial charge in [0.1, 0.15) is 18.4 Å².